The molecule has 8 nitrogen and oxygen atoms in total. The lowest BCUT2D eigenvalue weighted by atomic mass is 9.98. The van der Waals surface area contributed by atoms with Crippen molar-refractivity contribution >= 4 is 17.4 Å². The fraction of sp³-hybridized carbons (Fsp3) is 0.333. The Morgan fingerprint density at radius 1 is 1.14 bits per heavy atom. The average Bonchev–Trinajstić information content (AvgIpc) is 3.26. The number of methoxy groups -OCH3 is 3. The summed E-state index contributed by atoms with van der Waals surface area (Å²) in [5.41, 5.74) is 0.164. The van der Waals surface area contributed by atoms with E-state index in [1.54, 1.807) is 37.3 Å². The highest BCUT2D eigenvalue weighted by Crippen LogP contribution is 2.41. The second kappa shape index (κ2) is 8.40. The summed E-state index contributed by atoms with van der Waals surface area (Å²) in [5.74, 6) is -0.102. The molecule has 0 saturated carbocycles. The van der Waals surface area contributed by atoms with E-state index in [0.717, 1.165) is 0 Å². The smallest absolute Gasteiger partial charge is 0.295 e. The van der Waals surface area contributed by atoms with Crippen LogP contribution in [0.1, 0.15) is 23.1 Å². The Morgan fingerprint density at radius 3 is 2.48 bits per heavy atom. The zero-order valence-electron chi connectivity index (χ0n) is 16.7. The van der Waals surface area contributed by atoms with Gasteiger partial charge in [0.1, 0.15) is 34.8 Å². The number of aliphatic hydroxyl groups excluding tert-OH is 1. The van der Waals surface area contributed by atoms with Gasteiger partial charge in [0.2, 0.25) is 0 Å². The van der Waals surface area contributed by atoms with E-state index in [1.807, 2.05) is 0 Å². The van der Waals surface area contributed by atoms with Gasteiger partial charge in [-0.05, 0) is 37.3 Å². The lowest BCUT2D eigenvalue weighted by Gasteiger charge is -2.23. The third-order valence-corrected chi connectivity index (χ3v) is 4.77. The Hall–Kier alpha value is -3.26. The number of ether oxygens (including phenoxy) is 3. The van der Waals surface area contributed by atoms with E-state index in [9.17, 15) is 14.7 Å². The zero-order valence-corrected chi connectivity index (χ0v) is 16.7. The predicted octanol–water partition coefficient (Wildman–Crippen LogP) is 2.67. The first kappa shape index (κ1) is 20.5. The highest BCUT2D eigenvalue weighted by atomic mass is 16.5. The van der Waals surface area contributed by atoms with Crippen LogP contribution >= 0.6 is 0 Å². The number of furan rings is 1. The molecule has 1 unspecified atom stereocenters. The molecule has 1 N–H and O–H groups in total. The van der Waals surface area contributed by atoms with E-state index in [-0.39, 0.29) is 30.0 Å². The summed E-state index contributed by atoms with van der Waals surface area (Å²) in [4.78, 5) is 26.9. The lowest BCUT2D eigenvalue weighted by Crippen LogP contribution is -2.32. The van der Waals surface area contributed by atoms with Crippen LogP contribution in [-0.4, -0.2) is 56.2 Å². The maximum Gasteiger partial charge on any atom is 0.295 e. The van der Waals surface area contributed by atoms with Gasteiger partial charge < -0.3 is 28.6 Å². The zero-order chi connectivity index (χ0) is 21.1. The summed E-state index contributed by atoms with van der Waals surface area (Å²) in [6.07, 6.45) is 0. The van der Waals surface area contributed by atoms with Gasteiger partial charge >= 0.3 is 0 Å². The number of nitrogens with zero attached hydrogens (tertiary/aromatic N) is 1. The van der Waals surface area contributed by atoms with Crippen molar-refractivity contribution in [3.05, 3.63) is 53.0 Å². The minimum Gasteiger partial charge on any atom is -0.507 e. The normalized spacial score (nSPS) is 18.3. The van der Waals surface area contributed by atoms with E-state index in [1.165, 1.54) is 26.2 Å². The van der Waals surface area contributed by atoms with Gasteiger partial charge in [-0.2, -0.15) is 0 Å². The molecule has 1 aromatic carbocycles. The van der Waals surface area contributed by atoms with E-state index < -0.39 is 17.7 Å². The second-order valence-electron chi connectivity index (χ2n) is 6.50. The molecule has 1 amide bonds. The third kappa shape index (κ3) is 3.71. The number of aryl methyl sites for hydroxylation is 1. The first-order valence-electron chi connectivity index (χ1n) is 8.99. The lowest BCUT2D eigenvalue weighted by molar-refractivity contribution is -0.140. The van der Waals surface area contributed by atoms with Crippen molar-refractivity contribution in [2.45, 2.75) is 13.0 Å². The van der Waals surface area contributed by atoms with Crippen LogP contribution in [-0.2, 0) is 14.3 Å². The molecule has 2 heterocycles. The van der Waals surface area contributed by atoms with Crippen molar-refractivity contribution < 1.29 is 33.3 Å². The number of aliphatic hydroxyl groups is 1. The molecule has 1 aliphatic heterocycles. The second-order valence-corrected chi connectivity index (χ2v) is 6.50. The Labute approximate surface area is 168 Å². The topological polar surface area (TPSA) is 98.4 Å². The van der Waals surface area contributed by atoms with Crippen LogP contribution in [0.3, 0.4) is 0 Å². The summed E-state index contributed by atoms with van der Waals surface area (Å²) in [7, 11) is 4.44. The predicted molar refractivity (Wildman–Crippen MR) is 104 cm³/mol. The SMILES string of the molecule is COCCN1C(=O)C(=O)/C(=C(/O)c2cc(OC)ccc2OC)C1c1ccc(C)o1. The van der Waals surface area contributed by atoms with Gasteiger partial charge in [-0.3, -0.25) is 9.59 Å². The summed E-state index contributed by atoms with van der Waals surface area (Å²) in [5, 5.41) is 11.1. The molecule has 0 radical (unpaired) electrons. The van der Waals surface area contributed by atoms with Gasteiger partial charge in [-0.25, -0.2) is 0 Å². The van der Waals surface area contributed by atoms with Crippen LogP contribution in [0.15, 0.2) is 40.3 Å². The molecular weight excluding hydrogens is 378 g/mol. The third-order valence-electron chi connectivity index (χ3n) is 4.77. The largest absolute Gasteiger partial charge is 0.507 e. The van der Waals surface area contributed by atoms with Crippen molar-refractivity contribution in [3.8, 4) is 11.5 Å². The molecule has 1 aliphatic rings. The Bertz CT molecular complexity index is 960. The van der Waals surface area contributed by atoms with Crippen molar-refractivity contribution in [3.63, 3.8) is 0 Å². The first-order chi connectivity index (χ1) is 13.9. The van der Waals surface area contributed by atoms with Crippen LogP contribution in [0.2, 0.25) is 0 Å². The fourth-order valence-electron chi connectivity index (χ4n) is 3.34. The van der Waals surface area contributed by atoms with Crippen LogP contribution < -0.4 is 9.47 Å². The molecule has 2 aromatic rings. The Balaban J connectivity index is 2.21. The van der Waals surface area contributed by atoms with Gasteiger partial charge in [0, 0.05) is 13.7 Å². The van der Waals surface area contributed by atoms with Gasteiger partial charge in [-0.1, -0.05) is 0 Å². The van der Waals surface area contributed by atoms with Gasteiger partial charge in [0.15, 0.2) is 0 Å². The molecule has 1 aromatic heterocycles. The monoisotopic (exact) mass is 401 g/mol. The van der Waals surface area contributed by atoms with Gasteiger partial charge in [0.05, 0.1) is 32.0 Å². The number of carbonyl (C=O) groups is 2. The minimum absolute atomic E-state index is 0.0768. The van der Waals surface area contributed by atoms with Crippen LogP contribution in [0, 0.1) is 6.92 Å². The van der Waals surface area contributed by atoms with Crippen LogP contribution in [0.5, 0.6) is 11.5 Å². The molecule has 29 heavy (non-hydrogen) atoms. The number of hydrogen-bond donors (Lipinski definition) is 1. The summed E-state index contributed by atoms with van der Waals surface area (Å²) in [6, 6.07) is 7.36. The standard InChI is InChI=1S/C21H23NO7/c1-12-5-7-16(29-12)18-17(20(24)21(25)22(18)9-10-26-2)19(23)14-11-13(27-3)6-8-15(14)28-4/h5-8,11,18,23H,9-10H2,1-4H3/b19-17+. The van der Waals surface area contributed by atoms with E-state index in [2.05, 4.69) is 0 Å². The highest BCUT2D eigenvalue weighted by molar-refractivity contribution is 6.46. The van der Waals surface area contributed by atoms with E-state index in [0.29, 0.717) is 23.0 Å². The average molecular weight is 401 g/mol. The maximum atomic E-state index is 12.9. The van der Waals surface area contributed by atoms with Crippen molar-refractivity contribution in [2.75, 3.05) is 34.5 Å². The van der Waals surface area contributed by atoms with Crippen molar-refractivity contribution in [2.24, 2.45) is 0 Å². The Kier molecular flexibility index (Phi) is 5.93. The molecule has 154 valence electrons. The molecule has 1 fully saturated rings. The van der Waals surface area contributed by atoms with E-state index in [4.69, 9.17) is 18.6 Å². The number of carbonyl (C=O) groups excluding carboxylic acids is 2. The minimum atomic E-state index is -0.880. The molecule has 1 saturated heterocycles. The number of likely N-dealkylation sites (tertiary alicyclic amines) is 1. The van der Waals surface area contributed by atoms with Crippen molar-refractivity contribution in [1.29, 1.82) is 0 Å². The number of Topliss-reactive ketones (excluding diaryl/α,β-unsaturated/α-hetero) is 1. The van der Waals surface area contributed by atoms with Crippen LogP contribution in [0.25, 0.3) is 5.76 Å². The molecule has 3 rings (SSSR count). The van der Waals surface area contributed by atoms with Gasteiger partial charge in [-0.15, -0.1) is 0 Å². The highest BCUT2D eigenvalue weighted by Gasteiger charge is 2.47. The number of benzene rings is 1. The quantitative estimate of drug-likeness (QED) is 0.433. The first-order valence-corrected chi connectivity index (χ1v) is 8.99. The molecule has 1 atom stereocenters. The fourth-order valence-corrected chi connectivity index (χ4v) is 3.34. The number of amides is 1. The molecular formula is C21H23NO7. The number of ketones is 1. The molecule has 8 heteroatoms. The maximum absolute atomic E-state index is 12.9. The number of hydrogen-bond acceptors (Lipinski definition) is 7. The van der Waals surface area contributed by atoms with Crippen molar-refractivity contribution in [1.82, 2.24) is 4.90 Å². The van der Waals surface area contributed by atoms with E-state index >= 15 is 0 Å². The number of rotatable bonds is 7. The summed E-state index contributed by atoms with van der Waals surface area (Å²) < 4.78 is 21.3. The molecule has 0 bridgehead atoms. The van der Waals surface area contributed by atoms with Gasteiger partial charge in [0.25, 0.3) is 11.7 Å². The molecule has 0 spiro atoms. The van der Waals surface area contributed by atoms with Crippen LogP contribution in [0.4, 0.5) is 0 Å². The summed E-state index contributed by atoms with van der Waals surface area (Å²) >= 11 is 0. The Morgan fingerprint density at radius 2 is 1.90 bits per heavy atom. The molecule has 0 aliphatic carbocycles. The summed E-state index contributed by atoms with van der Waals surface area (Å²) in [6.45, 7) is 2.15.